The van der Waals surface area contributed by atoms with Gasteiger partial charge in [-0.15, -0.1) is 0 Å². The third-order valence-corrected chi connectivity index (χ3v) is 5.02. The Kier molecular flexibility index (Phi) is 3.18. The summed E-state index contributed by atoms with van der Waals surface area (Å²) in [6.45, 7) is 0. The maximum atomic E-state index is 12.4. The lowest BCUT2D eigenvalue weighted by Crippen LogP contribution is -2.44. The lowest BCUT2D eigenvalue weighted by atomic mass is 9.72. The first kappa shape index (κ1) is 13.5. The van der Waals surface area contributed by atoms with E-state index in [9.17, 15) is 4.79 Å². The molecule has 6 heteroatoms. The Morgan fingerprint density at radius 1 is 1.27 bits per heavy atom. The van der Waals surface area contributed by atoms with Crippen LogP contribution in [-0.4, -0.2) is 26.7 Å². The molecule has 2 aromatic rings. The van der Waals surface area contributed by atoms with Crippen LogP contribution in [0.1, 0.15) is 19.3 Å². The van der Waals surface area contributed by atoms with Crippen LogP contribution in [0.25, 0.3) is 5.69 Å². The summed E-state index contributed by atoms with van der Waals surface area (Å²) in [5, 5.41) is 7.25. The molecule has 22 heavy (non-hydrogen) atoms. The standard InChI is InChI=1S/C16H19N5O/c17-15-7-10-5-11(6-14(10)15)16(22)20-12-8-19-21(9-12)13-1-3-18-4-2-13/h1-4,8-11,14-15H,5-7,17H2,(H,20,22). The summed E-state index contributed by atoms with van der Waals surface area (Å²) in [4.78, 5) is 16.4. The van der Waals surface area contributed by atoms with Crippen molar-refractivity contribution in [1.29, 1.82) is 0 Å². The van der Waals surface area contributed by atoms with Crippen LogP contribution in [-0.2, 0) is 4.79 Å². The fraction of sp³-hybridized carbons (Fsp3) is 0.438. The van der Waals surface area contributed by atoms with Crippen molar-refractivity contribution in [3.63, 3.8) is 0 Å². The van der Waals surface area contributed by atoms with Crippen LogP contribution in [0.5, 0.6) is 0 Å². The number of nitrogens with zero attached hydrogens (tertiary/aromatic N) is 3. The van der Waals surface area contributed by atoms with Gasteiger partial charge in [-0.3, -0.25) is 9.78 Å². The van der Waals surface area contributed by atoms with E-state index < -0.39 is 0 Å². The number of rotatable bonds is 3. The van der Waals surface area contributed by atoms with Crippen LogP contribution < -0.4 is 11.1 Å². The van der Waals surface area contributed by atoms with E-state index in [-0.39, 0.29) is 11.8 Å². The Morgan fingerprint density at radius 2 is 2.09 bits per heavy atom. The normalized spacial score (nSPS) is 29.7. The molecule has 2 saturated carbocycles. The first-order valence-corrected chi connectivity index (χ1v) is 7.72. The Labute approximate surface area is 128 Å². The second-order valence-corrected chi connectivity index (χ2v) is 6.36. The molecule has 2 aliphatic carbocycles. The van der Waals surface area contributed by atoms with Gasteiger partial charge < -0.3 is 11.1 Å². The monoisotopic (exact) mass is 297 g/mol. The highest BCUT2D eigenvalue weighted by atomic mass is 16.1. The molecule has 0 aromatic carbocycles. The molecule has 3 N–H and O–H groups in total. The van der Waals surface area contributed by atoms with E-state index in [1.165, 1.54) is 0 Å². The van der Waals surface area contributed by atoms with Gasteiger partial charge >= 0.3 is 0 Å². The number of carbonyl (C=O) groups excluding carboxylic acids is 1. The number of anilines is 1. The van der Waals surface area contributed by atoms with Crippen LogP contribution in [0.3, 0.4) is 0 Å². The molecule has 2 fully saturated rings. The summed E-state index contributed by atoms with van der Waals surface area (Å²) in [5.41, 5.74) is 7.64. The van der Waals surface area contributed by atoms with Crippen LogP contribution >= 0.6 is 0 Å². The highest BCUT2D eigenvalue weighted by Crippen LogP contribution is 2.49. The molecule has 0 saturated heterocycles. The average molecular weight is 297 g/mol. The van der Waals surface area contributed by atoms with E-state index >= 15 is 0 Å². The van der Waals surface area contributed by atoms with Gasteiger partial charge in [0.1, 0.15) is 0 Å². The Bertz CT molecular complexity index is 683. The lowest BCUT2D eigenvalue weighted by molar-refractivity contribution is -0.119. The van der Waals surface area contributed by atoms with Crippen molar-refractivity contribution in [1.82, 2.24) is 14.8 Å². The van der Waals surface area contributed by atoms with Crippen molar-refractivity contribution in [2.75, 3.05) is 5.32 Å². The first-order valence-electron chi connectivity index (χ1n) is 7.72. The number of pyridine rings is 1. The number of aromatic nitrogens is 3. The largest absolute Gasteiger partial charge is 0.327 e. The van der Waals surface area contributed by atoms with Gasteiger partial charge in [0.2, 0.25) is 5.91 Å². The molecular weight excluding hydrogens is 278 g/mol. The van der Waals surface area contributed by atoms with E-state index in [1.807, 2.05) is 18.3 Å². The molecule has 0 radical (unpaired) electrons. The van der Waals surface area contributed by atoms with Crippen molar-refractivity contribution >= 4 is 11.6 Å². The van der Waals surface area contributed by atoms with E-state index in [2.05, 4.69) is 15.4 Å². The zero-order valence-corrected chi connectivity index (χ0v) is 12.2. The average Bonchev–Trinajstić information content (AvgIpc) is 3.12. The fourth-order valence-electron chi connectivity index (χ4n) is 3.77. The highest BCUT2D eigenvalue weighted by Gasteiger charge is 2.47. The maximum Gasteiger partial charge on any atom is 0.227 e. The summed E-state index contributed by atoms with van der Waals surface area (Å²) < 4.78 is 1.73. The summed E-state index contributed by atoms with van der Waals surface area (Å²) in [5.74, 6) is 1.39. The van der Waals surface area contributed by atoms with Gasteiger partial charge in [0.15, 0.2) is 0 Å². The van der Waals surface area contributed by atoms with E-state index in [0.717, 1.165) is 30.6 Å². The Morgan fingerprint density at radius 3 is 2.82 bits per heavy atom. The number of nitrogens with two attached hydrogens (primary N) is 1. The van der Waals surface area contributed by atoms with Gasteiger partial charge in [0.05, 0.1) is 23.8 Å². The lowest BCUT2D eigenvalue weighted by Gasteiger charge is -2.37. The van der Waals surface area contributed by atoms with E-state index in [4.69, 9.17) is 5.73 Å². The maximum absolute atomic E-state index is 12.4. The molecule has 2 heterocycles. The first-order chi connectivity index (χ1) is 10.7. The molecular formula is C16H19N5O. The molecule has 0 spiro atoms. The number of nitrogens with one attached hydrogen (secondary N) is 1. The molecule has 4 unspecified atom stereocenters. The van der Waals surface area contributed by atoms with E-state index in [1.54, 1.807) is 23.3 Å². The second-order valence-electron chi connectivity index (χ2n) is 6.36. The second kappa shape index (κ2) is 5.21. The third kappa shape index (κ3) is 2.29. The minimum Gasteiger partial charge on any atom is -0.327 e. The van der Waals surface area contributed by atoms with Gasteiger partial charge in [-0.2, -0.15) is 5.10 Å². The van der Waals surface area contributed by atoms with Gasteiger partial charge in [-0.25, -0.2) is 4.68 Å². The number of amides is 1. The van der Waals surface area contributed by atoms with Gasteiger partial charge in [-0.1, -0.05) is 0 Å². The summed E-state index contributed by atoms with van der Waals surface area (Å²) >= 11 is 0. The minimum atomic E-state index is 0.0906. The van der Waals surface area contributed by atoms with Crippen molar-refractivity contribution < 1.29 is 4.79 Å². The smallest absolute Gasteiger partial charge is 0.227 e. The topological polar surface area (TPSA) is 85.8 Å². The van der Waals surface area contributed by atoms with Gasteiger partial charge in [-0.05, 0) is 43.2 Å². The van der Waals surface area contributed by atoms with Crippen molar-refractivity contribution in [3.05, 3.63) is 36.9 Å². The molecule has 4 atom stereocenters. The number of hydrogen-bond acceptors (Lipinski definition) is 4. The zero-order valence-electron chi connectivity index (χ0n) is 12.2. The summed E-state index contributed by atoms with van der Waals surface area (Å²) in [6, 6.07) is 4.04. The van der Waals surface area contributed by atoms with Crippen molar-refractivity contribution in [2.24, 2.45) is 23.5 Å². The predicted octanol–water partition coefficient (Wildman–Crippen LogP) is 1.58. The Balaban J connectivity index is 1.42. The van der Waals surface area contributed by atoms with Crippen LogP contribution in [0.15, 0.2) is 36.9 Å². The van der Waals surface area contributed by atoms with Crippen LogP contribution in [0.2, 0.25) is 0 Å². The number of hydrogen-bond donors (Lipinski definition) is 2. The van der Waals surface area contributed by atoms with Crippen molar-refractivity contribution in [2.45, 2.75) is 25.3 Å². The fourth-order valence-corrected chi connectivity index (χ4v) is 3.77. The third-order valence-electron chi connectivity index (χ3n) is 5.02. The van der Waals surface area contributed by atoms with Crippen LogP contribution in [0.4, 0.5) is 5.69 Å². The summed E-state index contributed by atoms with van der Waals surface area (Å²) in [7, 11) is 0. The molecule has 2 aromatic heterocycles. The highest BCUT2D eigenvalue weighted by molar-refractivity contribution is 5.92. The Hall–Kier alpha value is -2.21. The van der Waals surface area contributed by atoms with Gasteiger partial charge in [0, 0.05) is 24.4 Å². The number of fused-ring (bicyclic) bond motifs is 1. The molecule has 4 rings (SSSR count). The molecule has 1 amide bonds. The number of carbonyl (C=O) groups is 1. The molecule has 6 nitrogen and oxygen atoms in total. The van der Waals surface area contributed by atoms with Crippen LogP contribution in [0, 0.1) is 17.8 Å². The SMILES string of the molecule is NC1CC2CC(C(=O)Nc3cnn(-c4ccncc4)c3)CC12. The van der Waals surface area contributed by atoms with Crippen molar-refractivity contribution in [3.8, 4) is 5.69 Å². The molecule has 2 aliphatic rings. The zero-order chi connectivity index (χ0) is 15.1. The predicted molar refractivity (Wildman–Crippen MR) is 82.3 cm³/mol. The summed E-state index contributed by atoms with van der Waals surface area (Å²) in [6.07, 6.45) is 9.91. The quantitative estimate of drug-likeness (QED) is 0.900. The minimum absolute atomic E-state index is 0.0906. The molecule has 0 aliphatic heterocycles. The van der Waals surface area contributed by atoms with E-state index in [0.29, 0.717) is 17.9 Å². The van der Waals surface area contributed by atoms with Gasteiger partial charge in [0.25, 0.3) is 0 Å². The molecule has 114 valence electrons. The molecule has 0 bridgehead atoms.